The highest BCUT2D eigenvalue weighted by atomic mass is 35.5. The summed E-state index contributed by atoms with van der Waals surface area (Å²) in [6.45, 7) is 1.17. The molecule has 0 aromatic heterocycles. The predicted octanol–water partition coefficient (Wildman–Crippen LogP) is 7.27. The summed E-state index contributed by atoms with van der Waals surface area (Å²) >= 11 is 5.60. The van der Waals surface area contributed by atoms with E-state index < -0.39 is 58.0 Å². The Balaban J connectivity index is 2.09. The Morgan fingerprint density at radius 2 is 1.55 bits per heavy atom. The van der Waals surface area contributed by atoms with Gasteiger partial charge in [-0.2, -0.15) is 39.5 Å². The summed E-state index contributed by atoms with van der Waals surface area (Å²) in [6.07, 6.45) is -16.2. The summed E-state index contributed by atoms with van der Waals surface area (Å²) in [7, 11) is 0. The molecule has 1 atom stereocenters. The largest absolute Gasteiger partial charge is 0.435 e. The molecule has 0 amide bonds. The third-order valence-corrected chi connectivity index (χ3v) is 4.97. The first-order valence-corrected chi connectivity index (χ1v) is 8.81. The van der Waals surface area contributed by atoms with Gasteiger partial charge in [0.25, 0.3) is 5.60 Å². The van der Waals surface area contributed by atoms with E-state index in [1.54, 1.807) is 0 Å². The van der Waals surface area contributed by atoms with Crippen LogP contribution in [0.5, 0.6) is 0 Å². The maximum atomic E-state index is 14.0. The maximum absolute atomic E-state index is 14.0. The van der Waals surface area contributed by atoms with Crippen LogP contribution in [-0.2, 0) is 22.8 Å². The molecule has 0 spiro atoms. The first kappa shape index (κ1) is 23.2. The molecule has 1 aliphatic rings. The van der Waals surface area contributed by atoms with Crippen LogP contribution in [0.3, 0.4) is 0 Å². The van der Waals surface area contributed by atoms with Crippen LogP contribution >= 0.6 is 11.6 Å². The van der Waals surface area contributed by atoms with Gasteiger partial charge in [-0.3, -0.25) is 0 Å². The lowest BCUT2D eigenvalue weighted by Crippen LogP contribution is -2.43. The van der Waals surface area contributed by atoms with Crippen LogP contribution in [0.2, 0.25) is 5.02 Å². The molecule has 0 bridgehead atoms. The predicted molar refractivity (Wildman–Crippen MR) is 92.6 cm³/mol. The van der Waals surface area contributed by atoms with Gasteiger partial charge in [0, 0.05) is 22.6 Å². The molecule has 2 aromatic carbocycles. The van der Waals surface area contributed by atoms with Crippen LogP contribution in [0, 0.1) is 6.92 Å². The average molecular weight is 476 g/mol. The molecule has 12 heteroatoms. The molecule has 0 aliphatic carbocycles. The minimum absolute atomic E-state index is 0.164. The topological polar surface area (TPSA) is 21.6 Å². The SMILES string of the molecule is Cc1ccc(C2=NOC(c3cc(Cl)cc(C(F)(F)F)c3)(C(F)(F)F)C2)cc1C(F)(F)F. The smallest absolute Gasteiger partial charge is 0.374 e. The van der Waals surface area contributed by atoms with Crippen molar-refractivity contribution < 1.29 is 44.4 Å². The number of halogens is 10. The molecule has 1 heterocycles. The van der Waals surface area contributed by atoms with E-state index in [1.165, 1.54) is 6.92 Å². The van der Waals surface area contributed by atoms with E-state index in [2.05, 4.69) is 9.99 Å². The van der Waals surface area contributed by atoms with Gasteiger partial charge in [-0.05, 0) is 36.8 Å². The Kier molecular flexibility index (Phi) is 5.49. The summed E-state index contributed by atoms with van der Waals surface area (Å²) in [5.74, 6) is 0. The van der Waals surface area contributed by atoms with Gasteiger partial charge in [-0.15, -0.1) is 0 Å². The molecule has 0 fully saturated rings. The van der Waals surface area contributed by atoms with Crippen molar-refractivity contribution in [2.75, 3.05) is 0 Å². The van der Waals surface area contributed by atoms with Crippen molar-refractivity contribution in [3.63, 3.8) is 0 Å². The van der Waals surface area contributed by atoms with E-state index >= 15 is 0 Å². The zero-order valence-electron chi connectivity index (χ0n) is 15.3. The fraction of sp³-hybridized carbons (Fsp3) is 0.316. The van der Waals surface area contributed by atoms with E-state index in [-0.39, 0.29) is 17.2 Å². The maximum Gasteiger partial charge on any atom is 0.435 e. The number of rotatable bonds is 2. The standard InChI is InChI=1S/C19H11ClF9NO/c1-9-2-3-10(4-14(9)18(24,25)26)15-8-16(31-30-15,19(27,28)29)11-5-12(17(21,22)23)7-13(20)6-11/h2-7H,8H2,1H3. The van der Waals surface area contributed by atoms with Crippen LogP contribution in [0.25, 0.3) is 0 Å². The zero-order chi connectivity index (χ0) is 23.4. The van der Waals surface area contributed by atoms with Crippen molar-refractivity contribution in [1.29, 1.82) is 0 Å². The van der Waals surface area contributed by atoms with Gasteiger partial charge in [0.05, 0.1) is 16.8 Å². The van der Waals surface area contributed by atoms with Crippen molar-refractivity contribution in [2.24, 2.45) is 5.16 Å². The molecule has 0 N–H and O–H groups in total. The highest BCUT2D eigenvalue weighted by Gasteiger charge is 2.62. The van der Waals surface area contributed by atoms with E-state index in [0.29, 0.717) is 18.2 Å². The lowest BCUT2D eigenvalue weighted by Gasteiger charge is -2.30. The normalized spacial score (nSPS) is 19.9. The minimum Gasteiger partial charge on any atom is -0.374 e. The molecule has 168 valence electrons. The van der Waals surface area contributed by atoms with Crippen LogP contribution in [-0.4, -0.2) is 11.9 Å². The van der Waals surface area contributed by atoms with Crippen molar-refractivity contribution in [2.45, 2.75) is 37.5 Å². The monoisotopic (exact) mass is 475 g/mol. The van der Waals surface area contributed by atoms with Crippen molar-refractivity contribution in [3.8, 4) is 0 Å². The lowest BCUT2D eigenvalue weighted by atomic mass is 9.85. The molecule has 31 heavy (non-hydrogen) atoms. The summed E-state index contributed by atoms with van der Waals surface area (Å²) in [4.78, 5) is 4.59. The number of alkyl halides is 9. The van der Waals surface area contributed by atoms with Crippen LogP contribution in [0.4, 0.5) is 39.5 Å². The Morgan fingerprint density at radius 3 is 2.10 bits per heavy atom. The van der Waals surface area contributed by atoms with Gasteiger partial charge < -0.3 is 4.84 Å². The fourth-order valence-electron chi connectivity index (χ4n) is 3.15. The van der Waals surface area contributed by atoms with Crippen LogP contribution in [0.1, 0.15) is 34.2 Å². The van der Waals surface area contributed by atoms with Gasteiger partial charge in [0.2, 0.25) is 0 Å². The van der Waals surface area contributed by atoms with Crippen LogP contribution < -0.4 is 0 Å². The van der Waals surface area contributed by atoms with E-state index in [9.17, 15) is 39.5 Å². The van der Waals surface area contributed by atoms with Gasteiger partial charge in [0.1, 0.15) is 0 Å². The molecule has 3 rings (SSSR count). The number of oxime groups is 1. The third kappa shape index (κ3) is 4.32. The number of benzene rings is 2. The van der Waals surface area contributed by atoms with Gasteiger partial charge in [-0.1, -0.05) is 28.9 Å². The Bertz CT molecular complexity index is 1040. The minimum atomic E-state index is -5.26. The van der Waals surface area contributed by atoms with E-state index in [0.717, 1.165) is 12.1 Å². The highest BCUT2D eigenvalue weighted by Crippen LogP contribution is 2.50. The van der Waals surface area contributed by atoms with Gasteiger partial charge >= 0.3 is 18.5 Å². The van der Waals surface area contributed by atoms with Crippen molar-refractivity contribution >= 4 is 17.3 Å². The average Bonchev–Trinajstić information content (AvgIpc) is 3.06. The highest BCUT2D eigenvalue weighted by molar-refractivity contribution is 6.30. The molecular weight excluding hydrogens is 465 g/mol. The number of hydrogen-bond acceptors (Lipinski definition) is 2. The lowest BCUT2D eigenvalue weighted by molar-refractivity contribution is -0.276. The Hall–Kier alpha value is -2.43. The number of hydrogen-bond donors (Lipinski definition) is 0. The second kappa shape index (κ2) is 7.32. The number of aryl methyl sites for hydroxylation is 1. The zero-order valence-corrected chi connectivity index (χ0v) is 16.1. The second-order valence-electron chi connectivity index (χ2n) is 6.88. The van der Waals surface area contributed by atoms with Gasteiger partial charge in [0.15, 0.2) is 0 Å². The molecule has 0 saturated heterocycles. The number of nitrogens with zero attached hydrogens (tertiary/aromatic N) is 1. The van der Waals surface area contributed by atoms with Crippen LogP contribution in [0.15, 0.2) is 41.6 Å². The summed E-state index contributed by atoms with van der Waals surface area (Å²) in [5, 5.41) is 2.66. The first-order valence-electron chi connectivity index (χ1n) is 8.43. The third-order valence-electron chi connectivity index (χ3n) is 4.75. The Morgan fingerprint density at radius 1 is 0.903 bits per heavy atom. The molecule has 1 aliphatic heterocycles. The quantitative estimate of drug-likeness (QED) is 0.419. The summed E-state index contributed by atoms with van der Waals surface area (Å²) in [6, 6.07) is 4.12. The van der Waals surface area contributed by atoms with Crippen molar-refractivity contribution in [3.05, 3.63) is 69.2 Å². The molecule has 0 saturated carbocycles. The molecule has 0 radical (unpaired) electrons. The fourth-order valence-corrected chi connectivity index (χ4v) is 3.39. The first-order chi connectivity index (χ1) is 14.0. The summed E-state index contributed by atoms with van der Waals surface area (Å²) < 4.78 is 121. The molecule has 2 nitrogen and oxygen atoms in total. The van der Waals surface area contributed by atoms with Gasteiger partial charge in [-0.25, -0.2) is 0 Å². The van der Waals surface area contributed by atoms with E-state index in [1.807, 2.05) is 0 Å². The van der Waals surface area contributed by atoms with Crippen molar-refractivity contribution in [1.82, 2.24) is 0 Å². The van der Waals surface area contributed by atoms with E-state index in [4.69, 9.17) is 11.6 Å². The second-order valence-corrected chi connectivity index (χ2v) is 7.32. The Labute approximate surface area is 174 Å². The molecular formula is C19H11ClF9NO. The summed E-state index contributed by atoms with van der Waals surface area (Å²) in [5.41, 5.74) is -7.82. The molecule has 2 aromatic rings. The molecule has 1 unspecified atom stereocenters.